The lowest BCUT2D eigenvalue weighted by atomic mass is 10.1. The molecule has 0 fully saturated rings. The van der Waals surface area contributed by atoms with Crippen LogP contribution < -0.4 is 10.6 Å². The minimum absolute atomic E-state index is 0.0798. The molecule has 2 heterocycles. The summed E-state index contributed by atoms with van der Waals surface area (Å²) >= 11 is 6.02. The zero-order valence-electron chi connectivity index (χ0n) is 20.6. The number of aliphatic hydroxyl groups is 1. The summed E-state index contributed by atoms with van der Waals surface area (Å²) in [5, 5.41) is 21.9. The van der Waals surface area contributed by atoms with E-state index in [9.17, 15) is 18.7 Å². The second kappa shape index (κ2) is 13.4. The van der Waals surface area contributed by atoms with Crippen LogP contribution in [0.3, 0.4) is 0 Å². The molecular weight excluding hydrogens is 518 g/mol. The molecule has 0 aliphatic rings. The van der Waals surface area contributed by atoms with Crippen LogP contribution in [0.25, 0.3) is 10.9 Å². The lowest BCUT2D eigenvalue weighted by Gasteiger charge is -2.21. The lowest BCUT2D eigenvalue weighted by Crippen LogP contribution is -2.37. The first kappa shape index (κ1) is 27.6. The zero-order valence-corrected chi connectivity index (χ0v) is 21.3. The first-order valence-electron chi connectivity index (χ1n) is 12.2. The average molecular weight is 547 g/mol. The Morgan fingerprint density at radius 3 is 2.82 bits per heavy atom. The molecule has 3 N–H and O–H groups in total. The Bertz CT molecular complexity index is 1330. The number of hydrogen-bond acceptors (Lipinski definition) is 6. The Morgan fingerprint density at radius 1 is 1.16 bits per heavy atom. The van der Waals surface area contributed by atoms with E-state index in [-0.39, 0.29) is 31.2 Å². The predicted molar refractivity (Wildman–Crippen MR) is 139 cm³/mol. The SMILES string of the molecule is O=C(CCn1ccc2cc(Cl)ccc21)NCCNCC(O)COC(Cn1cncn1)c1ccc(F)cc1F. The van der Waals surface area contributed by atoms with Crippen molar-refractivity contribution in [2.45, 2.75) is 31.7 Å². The number of nitrogens with zero attached hydrogens (tertiary/aromatic N) is 4. The van der Waals surface area contributed by atoms with Gasteiger partial charge in [0.25, 0.3) is 0 Å². The molecule has 2 aromatic heterocycles. The molecule has 0 radical (unpaired) electrons. The van der Waals surface area contributed by atoms with Crippen molar-refractivity contribution in [1.82, 2.24) is 30.0 Å². The third kappa shape index (κ3) is 7.81. The molecule has 12 heteroatoms. The first-order chi connectivity index (χ1) is 18.4. The van der Waals surface area contributed by atoms with E-state index in [2.05, 4.69) is 20.7 Å². The number of aryl methyl sites for hydroxylation is 1. The second-order valence-corrected chi connectivity index (χ2v) is 9.21. The maximum Gasteiger partial charge on any atom is 0.221 e. The number of benzene rings is 2. The summed E-state index contributed by atoms with van der Waals surface area (Å²) in [4.78, 5) is 16.1. The van der Waals surface area contributed by atoms with E-state index < -0.39 is 23.8 Å². The van der Waals surface area contributed by atoms with Gasteiger partial charge in [0.15, 0.2) is 0 Å². The van der Waals surface area contributed by atoms with Crippen LogP contribution in [0, 0.1) is 11.6 Å². The summed E-state index contributed by atoms with van der Waals surface area (Å²) in [5.74, 6) is -1.51. The molecule has 202 valence electrons. The molecule has 2 unspecified atom stereocenters. The van der Waals surface area contributed by atoms with Crippen molar-refractivity contribution < 1.29 is 23.4 Å². The average Bonchev–Trinajstić information content (AvgIpc) is 3.55. The number of carbonyl (C=O) groups excluding carboxylic acids is 1. The summed E-state index contributed by atoms with van der Waals surface area (Å²) in [6.45, 7) is 1.64. The van der Waals surface area contributed by atoms with Gasteiger partial charge in [0, 0.05) is 66.4 Å². The van der Waals surface area contributed by atoms with Gasteiger partial charge < -0.3 is 25.0 Å². The minimum atomic E-state index is -0.886. The number of fused-ring (bicyclic) bond motifs is 1. The highest BCUT2D eigenvalue weighted by Crippen LogP contribution is 2.24. The van der Waals surface area contributed by atoms with E-state index in [0.717, 1.165) is 23.0 Å². The molecule has 0 saturated heterocycles. The number of halogens is 3. The summed E-state index contributed by atoms with van der Waals surface area (Å²) < 4.78 is 36.9. The van der Waals surface area contributed by atoms with Crippen LogP contribution in [0.4, 0.5) is 8.78 Å². The number of aliphatic hydroxyl groups excluding tert-OH is 1. The van der Waals surface area contributed by atoms with Crippen molar-refractivity contribution in [2.75, 3.05) is 26.2 Å². The third-order valence-corrected chi connectivity index (χ3v) is 6.17. The van der Waals surface area contributed by atoms with E-state index in [4.69, 9.17) is 16.3 Å². The van der Waals surface area contributed by atoms with Crippen LogP contribution in [0.1, 0.15) is 18.1 Å². The molecule has 0 spiro atoms. The summed E-state index contributed by atoms with van der Waals surface area (Å²) in [6, 6.07) is 10.9. The molecule has 0 aliphatic carbocycles. The Morgan fingerprint density at radius 2 is 2.03 bits per heavy atom. The molecule has 38 heavy (non-hydrogen) atoms. The van der Waals surface area contributed by atoms with Gasteiger partial charge >= 0.3 is 0 Å². The maximum absolute atomic E-state index is 14.3. The van der Waals surface area contributed by atoms with E-state index in [1.807, 2.05) is 35.0 Å². The molecule has 2 atom stereocenters. The van der Waals surface area contributed by atoms with Crippen LogP contribution >= 0.6 is 11.6 Å². The topological polar surface area (TPSA) is 106 Å². The molecule has 4 aromatic rings. The number of rotatable bonds is 14. The first-order valence-corrected chi connectivity index (χ1v) is 12.6. The number of amides is 1. The zero-order chi connectivity index (χ0) is 26.9. The van der Waals surface area contributed by atoms with Gasteiger partial charge in [-0.1, -0.05) is 17.7 Å². The number of hydrogen-bond donors (Lipinski definition) is 3. The van der Waals surface area contributed by atoms with Crippen LogP contribution in [0.2, 0.25) is 5.02 Å². The second-order valence-electron chi connectivity index (χ2n) is 8.78. The van der Waals surface area contributed by atoms with Gasteiger partial charge in [-0.25, -0.2) is 13.8 Å². The van der Waals surface area contributed by atoms with Crippen molar-refractivity contribution in [1.29, 1.82) is 0 Å². The van der Waals surface area contributed by atoms with Gasteiger partial charge in [-0.3, -0.25) is 9.48 Å². The van der Waals surface area contributed by atoms with E-state index in [0.29, 0.717) is 31.1 Å². The Labute approximate surface area is 223 Å². The fraction of sp³-hybridized carbons (Fsp3) is 0.346. The van der Waals surface area contributed by atoms with E-state index in [1.54, 1.807) is 0 Å². The van der Waals surface area contributed by atoms with Gasteiger partial charge in [0.2, 0.25) is 5.91 Å². The van der Waals surface area contributed by atoms with Crippen molar-refractivity contribution in [2.24, 2.45) is 0 Å². The fourth-order valence-corrected chi connectivity index (χ4v) is 4.20. The summed E-state index contributed by atoms with van der Waals surface area (Å²) in [5.41, 5.74) is 1.17. The lowest BCUT2D eigenvalue weighted by molar-refractivity contribution is -0.121. The molecular formula is C26H29ClF2N6O3. The highest BCUT2D eigenvalue weighted by atomic mass is 35.5. The molecule has 0 bridgehead atoms. The summed E-state index contributed by atoms with van der Waals surface area (Å²) in [6.07, 6.45) is 3.37. The normalized spacial score (nSPS) is 13.1. The van der Waals surface area contributed by atoms with Gasteiger partial charge in [0.1, 0.15) is 30.4 Å². The molecule has 4 rings (SSSR count). The summed E-state index contributed by atoms with van der Waals surface area (Å²) in [7, 11) is 0. The molecule has 0 saturated carbocycles. The number of nitrogens with one attached hydrogen (secondary N) is 2. The van der Waals surface area contributed by atoms with Crippen LogP contribution in [0.5, 0.6) is 0 Å². The van der Waals surface area contributed by atoms with Crippen molar-refractivity contribution in [3.05, 3.63) is 83.5 Å². The standard InChI is InChI=1S/C26H29ClF2N6O3/c27-19-1-4-24-18(11-19)5-9-34(24)10-6-26(37)32-8-7-30-13-21(36)15-38-25(14-35-17-31-16-33-35)22-3-2-20(28)12-23(22)29/h1-5,9,11-12,16-17,21,25,30,36H,6-8,10,13-15H2,(H,32,37). The molecule has 0 aliphatic heterocycles. The van der Waals surface area contributed by atoms with Crippen molar-refractivity contribution in [3.63, 3.8) is 0 Å². The largest absolute Gasteiger partial charge is 0.389 e. The van der Waals surface area contributed by atoms with Crippen molar-refractivity contribution >= 4 is 28.4 Å². The number of aromatic nitrogens is 4. The van der Waals surface area contributed by atoms with Gasteiger partial charge in [-0.2, -0.15) is 5.10 Å². The quantitative estimate of drug-likeness (QED) is 0.210. The number of ether oxygens (including phenoxy) is 1. The minimum Gasteiger partial charge on any atom is -0.389 e. The van der Waals surface area contributed by atoms with Gasteiger partial charge in [-0.15, -0.1) is 0 Å². The fourth-order valence-electron chi connectivity index (χ4n) is 4.02. The van der Waals surface area contributed by atoms with Gasteiger partial charge in [0.05, 0.1) is 19.3 Å². The van der Waals surface area contributed by atoms with Crippen LogP contribution in [-0.4, -0.2) is 62.7 Å². The monoisotopic (exact) mass is 546 g/mol. The molecule has 2 aromatic carbocycles. The molecule has 1 amide bonds. The Balaban J connectivity index is 1.15. The number of carbonyl (C=O) groups is 1. The Hall–Kier alpha value is -3.38. The smallest absolute Gasteiger partial charge is 0.221 e. The molecule has 9 nitrogen and oxygen atoms in total. The Kier molecular flexibility index (Phi) is 9.77. The van der Waals surface area contributed by atoms with Crippen molar-refractivity contribution in [3.8, 4) is 0 Å². The maximum atomic E-state index is 14.3. The highest BCUT2D eigenvalue weighted by molar-refractivity contribution is 6.31. The van der Waals surface area contributed by atoms with Crippen LogP contribution in [0.15, 0.2) is 61.3 Å². The third-order valence-electron chi connectivity index (χ3n) is 5.94. The van der Waals surface area contributed by atoms with Crippen LogP contribution in [-0.2, 0) is 22.6 Å². The van der Waals surface area contributed by atoms with E-state index >= 15 is 0 Å². The van der Waals surface area contributed by atoms with E-state index in [1.165, 1.54) is 23.4 Å². The predicted octanol–water partition coefficient (Wildman–Crippen LogP) is 3.08. The van der Waals surface area contributed by atoms with Gasteiger partial charge in [-0.05, 0) is 30.3 Å². The highest BCUT2D eigenvalue weighted by Gasteiger charge is 2.20.